The van der Waals surface area contributed by atoms with Crippen molar-refractivity contribution >= 4 is 16.1 Å². The number of hydrogen-bond donors (Lipinski definition) is 3. The van der Waals surface area contributed by atoms with Gasteiger partial charge in [-0.15, -0.1) is 0 Å². The third kappa shape index (κ3) is 8.60. The Morgan fingerprint density at radius 3 is 2.38 bits per heavy atom. The fourth-order valence-electron chi connectivity index (χ4n) is 4.73. The maximum Gasteiger partial charge on any atom is 0.404 e. The zero-order valence-electron chi connectivity index (χ0n) is 23.8. The molecular formula is C31H38N2O8S. The van der Waals surface area contributed by atoms with E-state index in [0.29, 0.717) is 23.9 Å². The van der Waals surface area contributed by atoms with Crippen molar-refractivity contribution in [3.8, 4) is 17.2 Å². The van der Waals surface area contributed by atoms with Gasteiger partial charge in [-0.25, -0.2) is 13.2 Å². The monoisotopic (exact) mass is 598 g/mol. The number of amides is 1. The van der Waals surface area contributed by atoms with Crippen LogP contribution in [0, 0.1) is 5.92 Å². The normalized spacial score (nSPS) is 14.1. The lowest BCUT2D eigenvalue weighted by atomic mass is 10.0. The molecule has 3 N–H and O–H groups in total. The number of sulfonamides is 1. The van der Waals surface area contributed by atoms with E-state index >= 15 is 0 Å². The fraction of sp³-hybridized carbons (Fsp3) is 0.387. The Morgan fingerprint density at radius 1 is 0.976 bits per heavy atom. The summed E-state index contributed by atoms with van der Waals surface area (Å²) in [5, 5.41) is 23.0. The van der Waals surface area contributed by atoms with Crippen molar-refractivity contribution in [1.82, 2.24) is 9.62 Å². The highest BCUT2D eigenvalue weighted by molar-refractivity contribution is 7.89. The van der Waals surface area contributed by atoms with Crippen molar-refractivity contribution in [3.63, 3.8) is 0 Å². The summed E-state index contributed by atoms with van der Waals surface area (Å²) in [7, 11) is -4.04. The lowest BCUT2D eigenvalue weighted by molar-refractivity contribution is 0.0980. The summed E-state index contributed by atoms with van der Waals surface area (Å²) < 4.78 is 44.9. The molecule has 10 nitrogen and oxygen atoms in total. The molecule has 11 heteroatoms. The molecule has 226 valence electrons. The standard InChI is InChI=1S/C31H38N2O8S/c1-22(2)19-33(42(37,38)26-14-15-29-30(18-26)41-21-40-29)20-28(34)27(32-31(35)36)17-24-10-12-25(13-11-24)39-16-6-9-23-7-4-3-5-8-23/h3-5,7-8,10-15,18,22,27-28,32,34H,6,9,16-17,19-21H2,1-2H3,(H,35,36)/t27-,28+/m0/s1. The van der Waals surface area contributed by atoms with Crippen LogP contribution in [0.5, 0.6) is 17.2 Å². The number of carboxylic acid groups (broad SMARTS) is 1. The van der Waals surface area contributed by atoms with Gasteiger partial charge in [0.2, 0.25) is 16.8 Å². The number of benzene rings is 3. The van der Waals surface area contributed by atoms with E-state index < -0.39 is 28.3 Å². The van der Waals surface area contributed by atoms with Crippen molar-refractivity contribution < 1.29 is 37.6 Å². The quantitative estimate of drug-likeness (QED) is 0.220. The molecule has 1 aliphatic heterocycles. The van der Waals surface area contributed by atoms with Crippen LogP contribution in [0.1, 0.15) is 31.4 Å². The number of nitrogens with zero attached hydrogens (tertiary/aromatic N) is 1. The van der Waals surface area contributed by atoms with Crippen LogP contribution in [0.15, 0.2) is 77.7 Å². The molecule has 0 unspecified atom stereocenters. The first kappa shape index (κ1) is 31.1. The highest BCUT2D eigenvalue weighted by Gasteiger charge is 2.32. The smallest absolute Gasteiger partial charge is 0.404 e. The van der Waals surface area contributed by atoms with Crippen LogP contribution in [-0.2, 0) is 22.9 Å². The van der Waals surface area contributed by atoms with E-state index in [1.165, 1.54) is 28.1 Å². The first-order valence-corrected chi connectivity index (χ1v) is 15.4. The van der Waals surface area contributed by atoms with E-state index in [2.05, 4.69) is 17.4 Å². The molecule has 0 spiro atoms. The van der Waals surface area contributed by atoms with E-state index in [-0.39, 0.29) is 37.1 Å². The zero-order valence-corrected chi connectivity index (χ0v) is 24.6. The number of hydrogen-bond acceptors (Lipinski definition) is 7. The lowest BCUT2D eigenvalue weighted by Crippen LogP contribution is -2.50. The number of fused-ring (bicyclic) bond motifs is 1. The Balaban J connectivity index is 1.40. The summed E-state index contributed by atoms with van der Waals surface area (Å²) in [6, 6.07) is 20.8. The first-order chi connectivity index (χ1) is 20.1. The fourth-order valence-corrected chi connectivity index (χ4v) is 6.37. The minimum Gasteiger partial charge on any atom is -0.494 e. The van der Waals surface area contributed by atoms with Crippen LogP contribution in [0.2, 0.25) is 0 Å². The lowest BCUT2D eigenvalue weighted by Gasteiger charge is -2.30. The number of rotatable bonds is 15. The van der Waals surface area contributed by atoms with Gasteiger partial charge >= 0.3 is 6.09 Å². The molecule has 2 atom stereocenters. The second-order valence-electron chi connectivity index (χ2n) is 10.6. The molecule has 4 rings (SSSR count). The van der Waals surface area contributed by atoms with Crippen molar-refractivity contribution in [2.45, 2.75) is 50.2 Å². The second-order valence-corrected chi connectivity index (χ2v) is 12.6. The van der Waals surface area contributed by atoms with Crippen molar-refractivity contribution in [2.24, 2.45) is 5.92 Å². The average molecular weight is 599 g/mol. The molecule has 3 aromatic rings. The van der Waals surface area contributed by atoms with Gasteiger partial charge in [0, 0.05) is 19.2 Å². The number of aryl methyl sites for hydroxylation is 1. The summed E-state index contributed by atoms with van der Waals surface area (Å²) in [4.78, 5) is 11.6. The maximum absolute atomic E-state index is 13.6. The largest absolute Gasteiger partial charge is 0.494 e. The SMILES string of the molecule is CC(C)CN(C[C@@H](O)[C@H](Cc1ccc(OCCCc2ccccc2)cc1)NC(=O)O)S(=O)(=O)c1ccc2c(c1)OCO2. The van der Waals surface area contributed by atoms with Crippen LogP contribution < -0.4 is 19.5 Å². The Labute approximate surface area is 246 Å². The summed E-state index contributed by atoms with van der Waals surface area (Å²) >= 11 is 0. The van der Waals surface area contributed by atoms with Gasteiger partial charge in [-0.3, -0.25) is 0 Å². The van der Waals surface area contributed by atoms with E-state index in [1.807, 2.05) is 44.2 Å². The van der Waals surface area contributed by atoms with Crippen molar-refractivity contribution in [3.05, 3.63) is 83.9 Å². The molecule has 1 heterocycles. The molecule has 0 aromatic heterocycles. The molecule has 1 aliphatic rings. The van der Waals surface area contributed by atoms with Crippen molar-refractivity contribution in [1.29, 1.82) is 0 Å². The maximum atomic E-state index is 13.6. The van der Waals surface area contributed by atoms with E-state index in [9.17, 15) is 23.4 Å². The Morgan fingerprint density at radius 2 is 1.69 bits per heavy atom. The van der Waals surface area contributed by atoms with Gasteiger partial charge in [0.25, 0.3) is 0 Å². The van der Waals surface area contributed by atoms with E-state index in [4.69, 9.17) is 14.2 Å². The number of carbonyl (C=O) groups is 1. The molecule has 1 amide bonds. The molecule has 0 radical (unpaired) electrons. The number of nitrogens with one attached hydrogen (secondary N) is 1. The predicted octanol–water partition coefficient (Wildman–Crippen LogP) is 4.31. The minimum atomic E-state index is -4.04. The minimum absolute atomic E-state index is 0.00157. The summed E-state index contributed by atoms with van der Waals surface area (Å²) in [5.74, 6) is 1.43. The molecule has 0 bridgehead atoms. The molecule has 0 saturated carbocycles. The van der Waals surface area contributed by atoms with Crippen LogP contribution in [-0.4, -0.2) is 67.7 Å². The van der Waals surface area contributed by atoms with Gasteiger partial charge in [-0.2, -0.15) is 4.31 Å². The molecular weight excluding hydrogens is 560 g/mol. The third-order valence-electron chi connectivity index (χ3n) is 6.81. The molecule has 42 heavy (non-hydrogen) atoms. The first-order valence-electron chi connectivity index (χ1n) is 13.9. The average Bonchev–Trinajstić information content (AvgIpc) is 3.44. The van der Waals surface area contributed by atoms with E-state index in [0.717, 1.165) is 18.4 Å². The number of aliphatic hydroxyl groups is 1. The zero-order chi connectivity index (χ0) is 30.1. The molecule has 0 aliphatic carbocycles. The Kier molecular flexibility index (Phi) is 10.7. The van der Waals surface area contributed by atoms with Crippen LogP contribution in [0.3, 0.4) is 0 Å². The highest BCUT2D eigenvalue weighted by atomic mass is 32.2. The van der Waals surface area contributed by atoms with Gasteiger partial charge < -0.3 is 29.7 Å². The van der Waals surface area contributed by atoms with E-state index in [1.54, 1.807) is 12.1 Å². The topological polar surface area (TPSA) is 135 Å². The van der Waals surface area contributed by atoms with Crippen LogP contribution >= 0.6 is 0 Å². The van der Waals surface area contributed by atoms with Gasteiger partial charge in [0.05, 0.1) is 23.6 Å². The van der Waals surface area contributed by atoms with Gasteiger partial charge in [-0.1, -0.05) is 56.3 Å². The highest BCUT2D eigenvalue weighted by Crippen LogP contribution is 2.35. The number of ether oxygens (including phenoxy) is 3. The van der Waals surface area contributed by atoms with Gasteiger partial charge in [0.15, 0.2) is 11.5 Å². The van der Waals surface area contributed by atoms with Crippen LogP contribution in [0.4, 0.5) is 4.79 Å². The predicted molar refractivity (Wildman–Crippen MR) is 158 cm³/mol. The molecule has 0 saturated heterocycles. The third-order valence-corrected chi connectivity index (χ3v) is 8.64. The van der Waals surface area contributed by atoms with Gasteiger partial charge in [-0.05, 0) is 60.6 Å². The summed E-state index contributed by atoms with van der Waals surface area (Å²) in [6.07, 6.45) is -0.701. The molecule has 0 fully saturated rings. The second kappa shape index (κ2) is 14.4. The molecule has 3 aromatic carbocycles. The number of aliphatic hydroxyl groups excluding tert-OH is 1. The summed E-state index contributed by atoms with van der Waals surface area (Å²) in [5.41, 5.74) is 2.01. The summed E-state index contributed by atoms with van der Waals surface area (Å²) in [6.45, 7) is 4.13. The Hall–Kier alpha value is -3.80. The van der Waals surface area contributed by atoms with Crippen LogP contribution in [0.25, 0.3) is 0 Å². The van der Waals surface area contributed by atoms with Crippen molar-refractivity contribution in [2.75, 3.05) is 26.5 Å². The van der Waals surface area contributed by atoms with Gasteiger partial charge in [0.1, 0.15) is 5.75 Å². The Bertz CT molecular complexity index is 1410.